The van der Waals surface area contributed by atoms with E-state index in [-0.39, 0.29) is 5.60 Å². The van der Waals surface area contributed by atoms with Gasteiger partial charge in [-0.15, -0.1) is 0 Å². The fourth-order valence-corrected chi connectivity index (χ4v) is 3.05. The van der Waals surface area contributed by atoms with Crippen LogP contribution in [0.3, 0.4) is 0 Å². The molecule has 1 heterocycles. The van der Waals surface area contributed by atoms with Gasteiger partial charge in [0.2, 0.25) is 0 Å². The van der Waals surface area contributed by atoms with Crippen LogP contribution in [-0.2, 0) is 4.74 Å². The van der Waals surface area contributed by atoms with E-state index in [0.29, 0.717) is 12.1 Å². The van der Waals surface area contributed by atoms with Gasteiger partial charge in [0.15, 0.2) is 0 Å². The Bertz CT molecular complexity index is 197. The Labute approximate surface area is 93.8 Å². The summed E-state index contributed by atoms with van der Waals surface area (Å²) in [6.45, 7) is 5.56. The summed E-state index contributed by atoms with van der Waals surface area (Å²) in [5, 5.41) is 3.65. The zero-order chi connectivity index (χ0) is 10.7. The van der Waals surface area contributed by atoms with Gasteiger partial charge in [0.1, 0.15) is 0 Å². The zero-order valence-electron chi connectivity index (χ0n) is 10.2. The van der Waals surface area contributed by atoms with Crippen LogP contribution in [0.1, 0.15) is 58.8 Å². The summed E-state index contributed by atoms with van der Waals surface area (Å²) in [5.74, 6) is 0. The van der Waals surface area contributed by atoms with Crippen LogP contribution in [0.25, 0.3) is 0 Å². The number of hydrogen-bond donors (Lipinski definition) is 1. The highest BCUT2D eigenvalue weighted by atomic mass is 16.5. The van der Waals surface area contributed by atoms with E-state index < -0.39 is 0 Å². The van der Waals surface area contributed by atoms with Crippen molar-refractivity contribution in [3.8, 4) is 0 Å². The van der Waals surface area contributed by atoms with Gasteiger partial charge in [-0.2, -0.15) is 0 Å². The van der Waals surface area contributed by atoms with Crippen molar-refractivity contribution in [3.63, 3.8) is 0 Å². The molecule has 2 aliphatic rings. The second-order valence-electron chi connectivity index (χ2n) is 5.33. The van der Waals surface area contributed by atoms with E-state index in [2.05, 4.69) is 19.2 Å². The molecule has 88 valence electrons. The third-order valence-electron chi connectivity index (χ3n) is 4.12. The standard InChI is InChI=1S/C13H25NO/c1-3-12-11(2)14-10-13(15-12)8-6-4-5-7-9-13/h11-12,14H,3-10H2,1-2H3. The van der Waals surface area contributed by atoms with Crippen molar-refractivity contribution in [1.29, 1.82) is 0 Å². The van der Waals surface area contributed by atoms with Gasteiger partial charge in [0.05, 0.1) is 11.7 Å². The maximum absolute atomic E-state index is 6.39. The van der Waals surface area contributed by atoms with Gasteiger partial charge < -0.3 is 10.1 Å². The Morgan fingerprint density at radius 1 is 1.20 bits per heavy atom. The van der Waals surface area contributed by atoms with Crippen molar-refractivity contribution in [2.75, 3.05) is 6.54 Å². The molecule has 0 aromatic rings. The molecule has 2 unspecified atom stereocenters. The smallest absolute Gasteiger partial charge is 0.0810 e. The normalized spacial score (nSPS) is 36.4. The zero-order valence-corrected chi connectivity index (χ0v) is 10.2. The predicted molar refractivity (Wildman–Crippen MR) is 63.1 cm³/mol. The monoisotopic (exact) mass is 211 g/mol. The van der Waals surface area contributed by atoms with Crippen molar-refractivity contribution in [1.82, 2.24) is 5.32 Å². The highest BCUT2D eigenvalue weighted by Crippen LogP contribution is 2.34. The fourth-order valence-electron chi connectivity index (χ4n) is 3.05. The molecule has 2 rings (SSSR count). The van der Waals surface area contributed by atoms with E-state index in [1.807, 2.05) is 0 Å². The van der Waals surface area contributed by atoms with Crippen LogP contribution in [0.15, 0.2) is 0 Å². The molecule has 1 saturated carbocycles. The van der Waals surface area contributed by atoms with E-state index in [4.69, 9.17) is 4.74 Å². The minimum atomic E-state index is 0.184. The quantitative estimate of drug-likeness (QED) is 0.720. The molecule has 2 atom stereocenters. The van der Waals surface area contributed by atoms with Crippen molar-refractivity contribution in [2.24, 2.45) is 0 Å². The molecule has 15 heavy (non-hydrogen) atoms. The highest BCUT2D eigenvalue weighted by molar-refractivity contribution is 4.93. The van der Waals surface area contributed by atoms with E-state index in [1.165, 1.54) is 38.5 Å². The van der Waals surface area contributed by atoms with E-state index in [1.54, 1.807) is 0 Å². The number of hydrogen-bond acceptors (Lipinski definition) is 2. The first-order valence-electron chi connectivity index (χ1n) is 6.67. The fraction of sp³-hybridized carbons (Fsp3) is 1.00. The average Bonchev–Trinajstić information content (AvgIpc) is 2.48. The number of morpholine rings is 1. The molecule has 0 amide bonds. The molecule has 0 aromatic carbocycles. The molecule has 0 radical (unpaired) electrons. The van der Waals surface area contributed by atoms with Crippen LogP contribution in [0, 0.1) is 0 Å². The lowest BCUT2D eigenvalue weighted by atomic mass is 9.90. The first-order chi connectivity index (χ1) is 7.26. The van der Waals surface area contributed by atoms with Gasteiger partial charge in [0, 0.05) is 12.6 Å². The van der Waals surface area contributed by atoms with Crippen LogP contribution >= 0.6 is 0 Å². The van der Waals surface area contributed by atoms with Crippen molar-refractivity contribution in [3.05, 3.63) is 0 Å². The first kappa shape index (κ1) is 11.4. The molecule has 2 fully saturated rings. The van der Waals surface area contributed by atoms with Gasteiger partial charge >= 0.3 is 0 Å². The SMILES string of the molecule is CCC1OC2(CCCCCC2)CNC1C. The molecular formula is C13H25NO. The van der Waals surface area contributed by atoms with Crippen molar-refractivity contribution >= 4 is 0 Å². The third kappa shape index (κ3) is 2.54. The summed E-state index contributed by atoms with van der Waals surface area (Å²) in [5.41, 5.74) is 0.184. The molecule has 1 spiro atoms. The van der Waals surface area contributed by atoms with Crippen LogP contribution in [0.2, 0.25) is 0 Å². The average molecular weight is 211 g/mol. The Morgan fingerprint density at radius 3 is 2.47 bits per heavy atom. The summed E-state index contributed by atoms with van der Waals surface area (Å²) in [6, 6.07) is 0.531. The molecule has 2 nitrogen and oxygen atoms in total. The first-order valence-corrected chi connectivity index (χ1v) is 6.67. The lowest BCUT2D eigenvalue weighted by Gasteiger charge is -2.44. The van der Waals surface area contributed by atoms with Crippen LogP contribution in [0.4, 0.5) is 0 Å². The number of nitrogens with one attached hydrogen (secondary N) is 1. The summed E-state index contributed by atoms with van der Waals surface area (Å²) in [7, 11) is 0. The molecule has 2 heteroatoms. The molecule has 1 aliphatic carbocycles. The minimum absolute atomic E-state index is 0.184. The van der Waals surface area contributed by atoms with Crippen molar-refractivity contribution in [2.45, 2.75) is 76.5 Å². The van der Waals surface area contributed by atoms with E-state index in [9.17, 15) is 0 Å². The summed E-state index contributed by atoms with van der Waals surface area (Å²) in [6.07, 6.45) is 9.60. The maximum atomic E-state index is 6.39. The highest BCUT2D eigenvalue weighted by Gasteiger charge is 2.39. The molecule has 1 aliphatic heterocycles. The second kappa shape index (κ2) is 4.84. The number of ether oxygens (including phenoxy) is 1. The Morgan fingerprint density at radius 2 is 1.87 bits per heavy atom. The summed E-state index contributed by atoms with van der Waals surface area (Å²) >= 11 is 0. The van der Waals surface area contributed by atoms with Gasteiger partial charge in [-0.3, -0.25) is 0 Å². The maximum Gasteiger partial charge on any atom is 0.0810 e. The van der Waals surface area contributed by atoms with E-state index in [0.717, 1.165) is 13.0 Å². The van der Waals surface area contributed by atoms with Crippen LogP contribution in [-0.4, -0.2) is 24.3 Å². The lowest BCUT2D eigenvalue weighted by molar-refractivity contribution is -0.140. The molecule has 1 saturated heterocycles. The largest absolute Gasteiger partial charge is 0.369 e. The van der Waals surface area contributed by atoms with Crippen molar-refractivity contribution < 1.29 is 4.74 Å². The second-order valence-corrected chi connectivity index (χ2v) is 5.33. The predicted octanol–water partition coefficient (Wildman–Crippen LogP) is 2.87. The minimum Gasteiger partial charge on any atom is -0.369 e. The van der Waals surface area contributed by atoms with Gasteiger partial charge in [-0.1, -0.05) is 32.6 Å². The Hall–Kier alpha value is -0.0800. The molecule has 0 aromatic heterocycles. The van der Waals surface area contributed by atoms with Gasteiger partial charge in [0.25, 0.3) is 0 Å². The third-order valence-corrected chi connectivity index (χ3v) is 4.12. The topological polar surface area (TPSA) is 21.3 Å². The summed E-state index contributed by atoms with van der Waals surface area (Å²) < 4.78 is 6.39. The number of rotatable bonds is 1. The molecular weight excluding hydrogens is 186 g/mol. The Kier molecular flexibility index (Phi) is 3.68. The lowest BCUT2D eigenvalue weighted by Crippen LogP contribution is -2.57. The van der Waals surface area contributed by atoms with E-state index >= 15 is 0 Å². The van der Waals surface area contributed by atoms with Crippen LogP contribution < -0.4 is 5.32 Å². The molecule has 0 bridgehead atoms. The van der Waals surface area contributed by atoms with Gasteiger partial charge in [-0.05, 0) is 26.2 Å². The Balaban J connectivity index is 2.01. The van der Waals surface area contributed by atoms with Gasteiger partial charge in [-0.25, -0.2) is 0 Å². The molecule has 1 N–H and O–H groups in total. The van der Waals surface area contributed by atoms with Crippen LogP contribution in [0.5, 0.6) is 0 Å². The summed E-state index contributed by atoms with van der Waals surface area (Å²) in [4.78, 5) is 0.